The maximum Gasteiger partial charge on any atom is 0.356 e. The number of aryl methyl sites for hydroxylation is 1. The number of hydrogen-bond acceptors (Lipinski definition) is 6. The smallest absolute Gasteiger partial charge is 0.356 e. The van der Waals surface area contributed by atoms with Crippen molar-refractivity contribution in [3.8, 4) is 0 Å². The molecule has 8 heteroatoms. The first-order valence-electron chi connectivity index (χ1n) is 7.17. The van der Waals surface area contributed by atoms with Crippen LogP contribution < -0.4 is 10.2 Å². The molecule has 2 aromatic rings. The fourth-order valence-corrected chi connectivity index (χ4v) is 2.62. The van der Waals surface area contributed by atoms with Gasteiger partial charge in [-0.05, 0) is 12.8 Å². The molecule has 8 nitrogen and oxygen atoms in total. The van der Waals surface area contributed by atoms with Crippen molar-refractivity contribution in [2.75, 3.05) is 23.3 Å². The van der Waals surface area contributed by atoms with Gasteiger partial charge in [0, 0.05) is 32.4 Å². The number of carbonyl (C=O) groups is 1. The average molecular weight is 302 g/mol. The Bertz CT molecular complexity index is 654. The zero-order valence-corrected chi connectivity index (χ0v) is 12.3. The summed E-state index contributed by atoms with van der Waals surface area (Å²) in [4.78, 5) is 21.0. The van der Waals surface area contributed by atoms with Crippen molar-refractivity contribution in [2.45, 2.75) is 18.9 Å². The van der Waals surface area contributed by atoms with Crippen LogP contribution in [0.15, 0.2) is 24.8 Å². The van der Waals surface area contributed by atoms with Crippen molar-refractivity contribution in [3.63, 3.8) is 0 Å². The minimum Gasteiger partial charge on any atom is -0.476 e. The highest BCUT2D eigenvalue weighted by molar-refractivity contribution is 5.84. The highest BCUT2D eigenvalue weighted by Crippen LogP contribution is 2.20. The molecule has 2 N–H and O–H groups in total. The lowest BCUT2D eigenvalue weighted by Crippen LogP contribution is -2.42. The fraction of sp³-hybridized carbons (Fsp3) is 0.429. The van der Waals surface area contributed by atoms with Crippen LogP contribution in [0.4, 0.5) is 11.5 Å². The normalized spacial score (nSPS) is 18.2. The van der Waals surface area contributed by atoms with Crippen LogP contribution in [0, 0.1) is 0 Å². The Hall–Kier alpha value is -2.64. The molecule has 1 atom stereocenters. The van der Waals surface area contributed by atoms with E-state index < -0.39 is 5.97 Å². The molecule has 1 aliphatic heterocycles. The highest BCUT2D eigenvalue weighted by Gasteiger charge is 2.21. The van der Waals surface area contributed by atoms with E-state index in [9.17, 15) is 4.79 Å². The zero-order valence-electron chi connectivity index (χ0n) is 12.3. The maximum absolute atomic E-state index is 10.8. The van der Waals surface area contributed by atoms with Crippen LogP contribution in [0.2, 0.25) is 0 Å². The number of nitrogens with zero attached hydrogens (tertiary/aromatic N) is 5. The van der Waals surface area contributed by atoms with E-state index >= 15 is 0 Å². The van der Waals surface area contributed by atoms with Crippen molar-refractivity contribution >= 4 is 17.5 Å². The van der Waals surface area contributed by atoms with Crippen LogP contribution in [0.5, 0.6) is 0 Å². The van der Waals surface area contributed by atoms with Gasteiger partial charge in [-0.1, -0.05) is 0 Å². The van der Waals surface area contributed by atoms with E-state index in [1.54, 1.807) is 4.68 Å². The van der Waals surface area contributed by atoms with Crippen molar-refractivity contribution in [2.24, 2.45) is 7.05 Å². The molecule has 0 radical (unpaired) electrons. The SMILES string of the molecule is Cn1cc(N2CCCC(Nc3cnc(C(=O)O)cn3)C2)cn1. The quantitative estimate of drug-likeness (QED) is 0.869. The van der Waals surface area contributed by atoms with E-state index in [1.807, 2.05) is 19.4 Å². The molecule has 3 rings (SSSR count). The molecule has 1 unspecified atom stereocenters. The molecule has 0 bridgehead atoms. The van der Waals surface area contributed by atoms with Crippen LogP contribution >= 0.6 is 0 Å². The number of rotatable bonds is 4. The van der Waals surface area contributed by atoms with Gasteiger partial charge >= 0.3 is 5.97 Å². The average Bonchev–Trinajstić information content (AvgIpc) is 2.95. The van der Waals surface area contributed by atoms with Crippen LogP contribution in [-0.2, 0) is 7.05 Å². The molecule has 2 aromatic heterocycles. The molecule has 1 saturated heterocycles. The monoisotopic (exact) mass is 302 g/mol. The minimum absolute atomic E-state index is 0.0498. The van der Waals surface area contributed by atoms with Gasteiger partial charge in [-0.2, -0.15) is 5.10 Å². The first-order chi connectivity index (χ1) is 10.6. The van der Waals surface area contributed by atoms with Crippen molar-refractivity contribution < 1.29 is 9.90 Å². The second-order valence-electron chi connectivity index (χ2n) is 5.39. The molecule has 0 aliphatic carbocycles. The summed E-state index contributed by atoms with van der Waals surface area (Å²) in [5, 5.41) is 16.3. The van der Waals surface area contributed by atoms with Gasteiger partial charge in [-0.25, -0.2) is 14.8 Å². The maximum atomic E-state index is 10.8. The Labute approximate surface area is 127 Å². The molecule has 116 valence electrons. The van der Waals surface area contributed by atoms with Gasteiger partial charge < -0.3 is 15.3 Å². The van der Waals surface area contributed by atoms with E-state index in [-0.39, 0.29) is 11.7 Å². The summed E-state index contributed by atoms with van der Waals surface area (Å²) < 4.78 is 1.79. The molecule has 1 aliphatic rings. The lowest BCUT2D eigenvalue weighted by atomic mass is 10.1. The van der Waals surface area contributed by atoms with Gasteiger partial charge in [-0.3, -0.25) is 4.68 Å². The standard InChI is InChI=1S/C14H18N6O2/c1-19-9-11(5-17-19)20-4-2-3-10(8-20)18-13-7-15-12(6-16-13)14(21)22/h5-7,9-10H,2-4,8H2,1H3,(H,16,18)(H,21,22). The summed E-state index contributed by atoms with van der Waals surface area (Å²) in [7, 11) is 1.91. The minimum atomic E-state index is -1.07. The first kappa shape index (κ1) is 14.3. The third-order valence-electron chi connectivity index (χ3n) is 3.70. The number of carboxylic acid groups (broad SMARTS) is 1. The predicted octanol–water partition coefficient (Wildman–Crippen LogP) is 0.989. The van der Waals surface area contributed by atoms with Crippen molar-refractivity contribution in [1.82, 2.24) is 19.7 Å². The molecule has 3 heterocycles. The van der Waals surface area contributed by atoms with Gasteiger partial charge in [0.05, 0.1) is 24.3 Å². The topological polar surface area (TPSA) is 96.2 Å². The Kier molecular flexibility index (Phi) is 3.90. The lowest BCUT2D eigenvalue weighted by Gasteiger charge is -2.34. The Morgan fingerprint density at radius 3 is 2.86 bits per heavy atom. The number of hydrogen-bond donors (Lipinski definition) is 2. The summed E-state index contributed by atoms with van der Waals surface area (Å²) in [6.07, 6.45) is 8.72. The summed E-state index contributed by atoms with van der Waals surface area (Å²) in [6.45, 7) is 1.86. The molecular weight excluding hydrogens is 284 g/mol. The number of anilines is 2. The van der Waals surface area contributed by atoms with Gasteiger partial charge in [0.2, 0.25) is 0 Å². The van der Waals surface area contributed by atoms with Gasteiger partial charge in [-0.15, -0.1) is 0 Å². The van der Waals surface area contributed by atoms with E-state index in [0.29, 0.717) is 5.82 Å². The van der Waals surface area contributed by atoms with Crippen LogP contribution in [-0.4, -0.2) is 50.0 Å². The molecule has 0 amide bonds. The lowest BCUT2D eigenvalue weighted by molar-refractivity contribution is 0.0690. The second-order valence-corrected chi connectivity index (χ2v) is 5.39. The van der Waals surface area contributed by atoms with E-state index in [0.717, 1.165) is 31.6 Å². The second kappa shape index (κ2) is 6.00. The Morgan fingerprint density at radius 1 is 1.36 bits per heavy atom. The predicted molar refractivity (Wildman–Crippen MR) is 81.1 cm³/mol. The summed E-state index contributed by atoms with van der Waals surface area (Å²) >= 11 is 0. The van der Waals surface area contributed by atoms with Gasteiger partial charge in [0.25, 0.3) is 0 Å². The highest BCUT2D eigenvalue weighted by atomic mass is 16.4. The van der Waals surface area contributed by atoms with E-state index in [4.69, 9.17) is 5.11 Å². The third kappa shape index (κ3) is 3.16. The van der Waals surface area contributed by atoms with Crippen LogP contribution in [0.25, 0.3) is 0 Å². The molecule has 22 heavy (non-hydrogen) atoms. The van der Waals surface area contributed by atoms with Gasteiger partial charge in [0.1, 0.15) is 5.82 Å². The molecule has 0 aromatic carbocycles. The van der Waals surface area contributed by atoms with Crippen molar-refractivity contribution in [1.29, 1.82) is 0 Å². The molecular formula is C14H18N6O2. The Morgan fingerprint density at radius 2 is 2.23 bits per heavy atom. The number of piperidine rings is 1. The third-order valence-corrected chi connectivity index (χ3v) is 3.70. The summed E-state index contributed by atoms with van der Waals surface area (Å²) in [5.74, 6) is -0.470. The molecule has 0 spiro atoms. The summed E-state index contributed by atoms with van der Waals surface area (Å²) in [6, 6.07) is 0.249. The van der Waals surface area contributed by atoms with E-state index in [2.05, 4.69) is 25.3 Å². The van der Waals surface area contributed by atoms with Crippen molar-refractivity contribution in [3.05, 3.63) is 30.5 Å². The molecule has 1 fully saturated rings. The van der Waals surface area contributed by atoms with Crippen LogP contribution in [0.1, 0.15) is 23.3 Å². The number of carboxylic acids is 1. The van der Waals surface area contributed by atoms with Crippen LogP contribution in [0.3, 0.4) is 0 Å². The summed E-state index contributed by atoms with van der Waals surface area (Å²) in [5.41, 5.74) is 1.06. The molecule has 0 saturated carbocycles. The number of aromatic nitrogens is 4. The Balaban J connectivity index is 1.63. The number of nitrogens with one attached hydrogen (secondary N) is 1. The van der Waals surface area contributed by atoms with Gasteiger partial charge in [0.15, 0.2) is 5.69 Å². The number of aromatic carboxylic acids is 1. The zero-order chi connectivity index (χ0) is 15.5. The first-order valence-corrected chi connectivity index (χ1v) is 7.17. The van der Waals surface area contributed by atoms with E-state index in [1.165, 1.54) is 12.4 Å². The largest absolute Gasteiger partial charge is 0.476 e. The fourth-order valence-electron chi connectivity index (χ4n) is 2.62.